The molecule has 2 aliphatic rings. The molecular weight excluding hydrogens is 439 g/mol. The molecule has 1 aliphatic heterocycles. The molecule has 1 fully saturated rings. The second kappa shape index (κ2) is 8.95. The van der Waals surface area contributed by atoms with Crippen LogP contribution < -0.4 is 0 Å². The molecule has 3 atom stereocenters. The molecule has 1 aliphatic carbocycles. The van der Waals surface area contributed by atoms with Crippen LogP contribution in [0.5, 0.6) is 0 Å². The standard InChI is InChI=1S/C18H23IO6/c1-3-24-18(23)16-12(10(2)13(21)9-14(16)22)8-11(20)6-4-5-7-15-17(19)25-15/h4,6,13,15,17,21-22H,3,5,7-9H2,1-2H3/b6-4+. The number of carbonyl (C=O) groups is 2. The molecule has 0 aromatic rings. The maximum Gasteiger partial charge on any atom is 0.341 e. The lowest BCUT2D eigenvalue weighted by molar-refractivity contribution is -0.138. The molecule has 0 radical (unpaired) electrons. The Balaban J connectivity index is 2.04. The number of hydrogen-bond donors (Lipinski definition) is 2. The zero-order valence-electron chi connectivity index (χ0n) is 14.3. The molecule has 0 aromatic carbocycles. The van der Waals surface area contributed by atoms with E-state index in [0.717, 1.165) is 12.8 Å². The predicted octanol–water partition coefficient (Wildman–Crippen LogP) is 2.90. The van der Waals surface area contributed by atoms with E-state index in [4.69, 9.17) is 9.47 Å². The molecule has 0 bridgehead atoms. The number of ether oxygens (including phenoxy) is 2. The van der Waals surface area contributed by atoms with Gasteiger partial charge in [0, 0.05) is 12.8 Å². The fourth-order valence-electron chi connectivity index (χ4n) is 2.71. The normalized spacial score (nSPS) is 26.3. The highest BCUT2D eigenvalue weighted by molar-refractivity contribution is 14.1. The Labute approximate surface area is 160 Å². The van der Waals surface area contributed by atoms with Crippen LogP contribution in [0.25, 0.3) is 0 Å². The number of hydrogen-bond acceptors (Lipinski definition) is 6. The first kappa shape index (κ1) is 20.1. The molecule has 6 nitrogen and oxygen atoms in total. The topological polar surface area (TPSA) is 96.4 Å². The maximum atomic E-state index is 12.2. The smallest absolute Gasteiger partial charge is 0.341 e. The Bertz CT molecular complexity index is 633. The van der Waals surface area contributed by atoms with Gasteiger partial charge in [-0.2, -0.15) is 0 Å². The van der Waals surface area contributed by atoms with E-state index in [2.05, 4.69) is 22.6 Å². The molecular formula is C18H23IO6. The van der Waals surface area contributed by atoms with Crippen molar-refractivity contribution in [3.8, 4) is 0 Å². The summed E-state index contributed by atoms with van der Waals surface area (Å²) in [6.45, 7) is 3.49. The van der Waals surface area contributed by atoms with Gasteiger partial charge in [0.1, 0.15) is 15.4 Å². The average Bonchev–Trinajstić information content (AvgIpc) is 3.24. The Morgan fingerprint density at radius 2 is 2.12 bits per heavy atom. The monoisotopic (exact) mass is 462 g/mol. The number of aliphatic hydroxyl groups is 2. The molecule has 1 heterocycles. The highest BCUT2D eigenvalue weighted by atomic mass is 127. The van der Waals surface area contributed by atoms with Gasteiger partial charge in [-0.15, -0.1) is 0 Å². The Morgan fingerprint density at radius 3 is 2.72 bits per heavy atom. The van der Waals surface area contributed by atoms with Gasteiger partial charge in [0.25, 0.3) is 0 Å². The lowest BCUT2D eigenvalue weighted by Gasteiger charge is -2.24. The molecule has 0 aromatic heterocycles. The first-order valence-electron chi connectivity index (χ1n) is 8.31. The molecule has 7 heteroatoms. The summed E-state index contributed by atoms with van der Waals surface area (Å²) < 4.78 is 10.5. The highest BCUT2D eigenvalue weighted by Gasteiger charge is 2.35. The molecule has 2 N–H and O–H groups in total. The van der Waals surface area contributed by atoms with Gasteiger partial charge < -0.3 is 19.7 Å². The Hall–Kier alpha value is -1.19. The van der Waals surface area contributed by atoms with E-state index < -0.39 is 12.1 Å². The maximum absolute atomic E-state index is 12.2. The van der Waals surface area contributed by atoms with Crippen molar-refractivity contribution in [1.82, 2.24) is 0 Å². The fraction of sp³-hybridized carbons (Fsp3) is 0.556. The van der Waals surface area contributed by atoms with E-state index >= 15 is 0 Å². The molecule has 1 saturated heterocycles. The number of rotatable bonds is 8. The lowest BCUT2D eigenvalue weighted by atomic mass is 9.85. The summed E-state index contributed by atoms with van der Waals surface area (Å²) in [4.78, 5) is 24.4. The number of ketones is 1. The summed E-state index contributed by atoms with van der Waals surface area (Å²) >= 11 is 2.22. The van der Waals surface area contributed by atoms with Crippen LogP contribution in [-0.2, 0) is 19.1 Å². The molecule has 138 valence electrons. The van der Waals surface area contributed by atoms with Gasteiger partial charge in [-0.05, 0) is 66.5 Å². The average molecular weight is 462 g/mol. The van der Waals surface area contributed by atoms with Crippen molar-refractivity contribution in [3.63, 3.8) is 0 Å². The zero-order chi connectivity index (χ0) is 18.6. The predicted molar refractivity (Wildman–Crippen MR) is 100 cm³/mol. The zero-order valence-corrected chi connectivity index (χ0v) is 16.5. The third-order valence-corrected chi connectivity index (χ3v) is 5.32. The molecule has 2 rings (SSSR count). The van der Waals surface area contributed by atoms with Crippen LogP contribution in [-0.4, -0.2) is 44.9 Å². The van der Waals surface area contributed by atoms with E-state index in [1.165, 1.54) is 6.08 Å². The van der Waals surface area contributed by atoms with Gasteiger partial charge >= 0.3 is 5.97 Å². The summed E-state index contributed by atoms with van der Waals surface area (Å²) in [6, 6.07) is 0. The minimum Gasteiger partial charge on any atom is -0.511 e. The Kier molecular flexibility index (Phi) is 7.21. The SMILES string of the molecule is CCOC(=O)C1=C(O)CC(O)C(C)=C1CC(=O)/C=C/CCC1OC1I. The molecule has 0 spiro atoms. The van der Waals surface area contributed by atoms with Gasteiger partial charge in [0.15, 0.2) is 5.78 Å². The van der Waals surface area contributed by atoms with Gasteiger partial charge in [-0.3, -0.25) is 4.79 Å². The first-order chi connectivity index (χ1) is 11.8. The minimum atomic E-state index is -0.905. The van der Waals surface area contributed by atoms with Crippen LogP contribution in [0, 0.1) is 0 Å². The minimum absolute atomic E-state index is 0.00512. The fourth-order valence-corrected chi connectivity index (χ4v) is 3.45. The number of alkyl halides is 1. The van der Waals surface area contributed by atoms with Crippen molar-refractivity contribution in [2.24, 2.45) is 0 Å². The van der Waals surface area contributed by atoms with E-state index in [1.807, 2.05) is 0 Å². The van der Waals surface area contributed by atoms with E-state index in [-0.39, 0.29) is 46.8 Å². The third kappa shape index (κ3) is 5.39. The van der Waals surface area contributed by atoms with Crippen LogP contribution >= 0.6 is 22.6 Å². The number of epoxide rings is 1. The molecule has 0 saturated carbocycles. The summed E-state index contributed by atoms with van der Waals surface area (Å²) in [7, 11) is 0. The van der Waals surface area contributed by atoms with Crippen molar-refractivity contribution >= 4 is 34.3 Å². The highest BCUT2D eigenvalue weighted by Crippen LogP contribution is 2.33. The summed E-state index contributed by atoms with van der Waals surface area (Å²) in [5, 5.41) is 20.1. The summed E-state index contributed by atoms with van der Waals surface area (Å²) in [6.07, 6.45) is 4.13. The summed E-state index contributed by atoms with van der Waals surface area (Å²) in [5.74, 6) is -1.10. The van der Waals surface area contributed by atoms with Crippen LogP contribution in [0.2, 0.25) is 0 Å². The summed E-state index contributed by atoms with van der Waals surface area (Å²) in [5.41, 5.74) is 0.870. The van der Waals surface area contributed by atoms with E-state index in [0.29, 0.717) is 11.1 Å². The van der Waals surface area contributed by atoms with Crippen molar-refractivity contribution in [2.75, 3.05) is 6.61 Å². The number of allylic oxidation sites excluding steroid dienone is 2. The molecule has 3 unspecified atom stereocenters. The van der Waals surface area contributed by atoms with Crippen LogP contribution in [0.15, 0.2) is 34.6 Å². The van der Waals surface area contributed by atoms with E-state index in [1.54, 1.807) is 19.9 Å². The molecule has 0 amide bonds. The quantitative estimate of drug-likeness (QED) is 0.189. The Morgan fingerprint density at radius 1 is 1.44 bits per heavy atom. The van der Waals surface area contributed by atoms with Gasteiger partial charge in [-0.25, -0.2) is 4.79 Å². The number of aliphatic hydroxyl groups excluding tert-OH is 2. The van der Waals surface area contributed by atoms with Crippen LogP contribution in [0.1, 0.15) is 39.5 Å². The molecule has 25 heavy (non-hydrogen) atoms. The van der Waals surface area contributed by atoms with Crippen molar-refractivity contribution in [1.29, 1.82) is 0 Å². The van der Waals surface area contributed by atoms with Gasteiger partial charge in [0.05, 0.1) is 18.8 Å². The second-order valence-electron chi connectivity index (χ2n) is 6.07. The van der Waals surface area contributed by atoms with E-state index in [9.17, 15) is 19.8 Å². The van der Waals surface area contributed by atoms with Gasteiger partial charge in [0.2, 0.25) is 0 Å². The van der Waals surface area contributed by atoms with Gasteiger partial charge in [-0.1, -0.05) is 6.08 Å². The lowest BCUT2D eigenvalue weighted by Crippen LogP contribution is -2.24. The number of carbonyl (C=O) groups excluding carboxylic acids is 2. The van der Waals surface area contributed by atoms with Crippen molar-refractivity contribution in [3.05, 3.63) is 34.6 Å². The first-order valence-corrected chi connectivity index (χ1v) is 9.55. The van der Waals surface area contributed by atoms with Crippen LogP contribution in [0.3, 0.4) is 0 Å². The third-order valence-electron chi connectivity index (χ3n) is 4.23. The second-order valence-corrected chi connectivity index (χ2v) is 7.30. The van der Waals surface area contributed by atoms with Crippen molar-refractivity contribution in [2.45, 2.75) is 55.8 Å². The number of halogens is 1. The van der Waals surface area contributed by atoms with Crippen molar-refractivity contribution < 1.29 is 29.3 Å². The largest absolute Gasteiger partial charge is 0.511 e. The number of esters is 1. The van der Waals surface area contributed by atoms with Crippen LogP contribution in [0.4, 0.5) is 0 Å².